The van der Waals surface area contributed by atoms with E-state index in [-0.39, 0.29) is 24.6 Å². The topological polar surface area (TPSA) is 108 Å². The number of fused-ring (bicyclic) bond motifs is 1. The van der Waals surface area contributed by atoms with Gasteiger partial charge in [-0.2, -0.15) is 0 Å². The molecule has 0 bridgehead atoms. The number of carbonyl (C=O) groups is 2. The maximum absolute atomic E-state index is 13.1. The third-order valence-electron chi connectivity index (χ3n) is 8.29. The van der Waals surface area contributed by atoms with Crippen LogP contribution < -0.4 is 20.7 Å². The monoisotopic (exact) mass is 631 g/mol. The molecule has 47 heavy (non-hydrogen) atoms. The standard InChI is InChI=1S/C38H41N5O4/c1-26(2)39-38(46)41-31-14-19-36(28(22-31)25-44)47-33-17-12-30(13-18-33)40-37(45)27-10-15-32(16-11-27)43-24-29(23-42-20-6-3-7-21-42)34-8-4-5-9-35(34)43/h4-5,8-19,22,24,26,44H,3,6-7,20-21,23,25H2,1-2H3,(H,40,45)(H2,39,41,46). The molecule has 1 aromatic heterocycles. The Bertz CT molecular complexity index is 1840. The first kappa shape index (κ1) is 31.8. The van der Waals surface area contributed by atoms with Gasteiger partial charge in [0, 0.05) is 52.4 Å². The zero-order valence-electron chi connectivity index (χ0n) is 26.8. The van der Waals surface area contributed by atoms with Crippen LogP contribution in [0.25, 0.3) is 16.6 Å². The van der Waals surface area contributed by atoms with Gasteiger partial charge >= 0.3 is 6.03 Å². The number of likely N-dealkylation sites (tertiary alicyclic amines) is 1. The predicted octanol–water partition coefficient (Wildman–Crippen LogP) is 7.68. The van der Waals surface area contributed by atoms with Crippen molar-refractivity contribution in [2.45, 2.75) is 52.3 Å². The van der Waals surface area contributed by atoms with E-state index in [4.69, 9.17) is 4.74 Å². The number of nitrogens with zero attached hydrogens (tertiary/aromatic N) is 2. The number of hydrogen-bond donors (Lipinski definition) is 4. The fraction of sp³-hybridized carbons (Fsp3) is 0.263. The number of benzene rings is 4. The normalized spacial score (nSPS) is 13.4. The molecule has 5 aromatic rings. The van der Waals surface area contributed by atoms with Gasteiger partial charge in [0.2, 0.25) is 0 Å². The zero-order valence-corrected chi connectivity index (χ0v) is 26.8. The fourth-order valence-corrected chi connectivity index (χ4v) is 5.97. The molecule has 6 rings (SSSR count). The van der Waals surface area contributed by atoms with E-state index in [9.17, 15) is 14.7 Å². The molecule has 0 spiro atoms. The number of nitrogens with one attached hydrogen (secondary N) is 3. The summed E-state index contributed by atoms with van der Waals surface area (Å²) in [6, 6.07) is 28.0. The van der Waals surface area contributed by atoms with E-state index in [1.54, 1.807) is 42.5 Å². The molecular formula is C38H41N5O4. The van der Waals surface area contributed by atoms with E-state index < -0.39 is 0 Å². The molecule has 4 aromatic carbocycles. The van der Waals surface area contributed by atoms with Gasteiger partial charge in [0.05, 0.1) is 12.1 Å². The first-order chi connectivity index (χ1) is 22.9. The number of hydrogen-bond acceptors (Lipinski definition) is 5. The Morgan fingerprint density at radius 1 is 0.830 bits per heavy atom. The van der Waals surface area contributed by atoms with E-state index in [0.717, 1.165) is 30.8 Å². The van der Waals surface area contributed by atoms with Crippen molar-refractivity contribution in [2.75, 3.05) is 23.7 Å². The van der Waals surface area contributed by atoms with Crippen LogP contribution in [0.5, 0.6) is 11.5 Å². The van der Waals surface area contributed by atoms with Crippen molar-refractivity contribution in [3.8, 4) is 17.2 Å². The first-order valence-corrected chi connectivity index (χ1v) is 16.2. The average Bonchev–Trinajstić information content (AvgIpc) is 3.44. The van der Waals surface area contributed by atoms with Crippen molar-refractivity contribution in [1.29, 1.82) is 0 Å². The Hall–Kier alpha value is -5.12. The van der Waals surface area contributed by atoms with Crippen molar-refractivity contribution < 1.29 is 19.4 Å². The van der Waals surface area contributed by atoms with Crippen LogP contribution in [0.1, 0.15) is 54.6 Å². The van der Waals surface area contributed by atoms with Crippen LogP contribution in [-0.4, -0.2) is 45.6 Å². The number of aliphatic hydroxyl groups is 1. The minimum Gasteiger partial charge on any atom is -0.457 e. The lowest BCUT2D eigenvalue weighted by atomic mass is 10.1. The largest absolute Gasteiger partial charge is 0.457 e. The molecule has 0 saturated carbocycles. The second-order valence-electron chi connectivity index (χ2n) is 12.2. The van der Waals surface area contributed by atoms with Gasteiger partial charge in [-0.05, 0) is 118 Å². The van der Waals surface area contributed by atoms with E-state index >= 15 is 0 Å². The molecule has 2 heterocycles. The van der Waals surface area contributed by atoms with Crippen molar-refractivity contribution in [3.63, 3.8) is 0 Å². The molecule has 1 aliphatic heterocycles. The molecule has 1 saturated heterocycles. The van der Waals surface area contributed by atoms with Crippen molar-refractivity contribution in [3.05, 3.63) is 114 Å². The molecule has 0 aliphatic carbocycles. The summed E-state index contributed by atoms with van der Waals surface area (Å²) in [6.07, 6.45) is 6.08. The highest BCUT2D eigenvalue weighted by Crippen LogP contribution is 2.30. The number of amides is 3. The second-order valence-corrected chi connectivity index (χ2v) is 12.2. The quantitative estimate of drug-likeness (QED) is 0.126. The van der Waals surface area contributed by atoms with Gasteiger partial charge in [-0.15, -0.1) is 0 Å². The number of carbonyl (C=O) groups excluding carboxylic acids is 2. The fourth-order valence-electron chi connectivity index (χ4n) is 5.97. The third-order valence-corrected chi connectivity index (χ3v) is 8.29. The smallest absolute Gasteiger partial charge is 0.319 e. The summed E-state index contributed by atoms with van der Waals surface area (Å²) in [5.74, 6) is 0.799. The number of rotatable bonds is 10. The Kier molecular flexibility index (Phi) is 9.85. The highest BCUT2D eigenvalue weighted by molar-refractivity contribution is 6.04. The van der Waals surface area contributed by atoms with Crippen molar-refractivity contribution in [1.82, 2.24) is 14.8 Å². The molecule has 9 nitrogen and oxygen atoms in total. The van der Waals surface area contributed by atoms with Gasteiger partial charge in [-0.25, -0.2) is 4.79 Å². The van der Waals surface area contributed by atoms with E-state index in [2.05, 4.69) is 55.9 Å². The number of ether oxygens (including phenoxy) is 1. The minimum absolute atomic E-state index is 0.00206. The second kappa shape index (κ2) is 14.5. The van der Waals surface area contributed by atoms with Crippen molar-refractivity contribution >= 4 is 34.2 Å². The number of para-hydroxylation sites is 1. The molecule has 0 radical (unpaired) electrons. The van der Waals surface area contributed by atoms with Gasteiger partial charge in [-0.1, -0.05) is 24.6 Å². The summed E-state index contributed by atoms with van der Waals surface area (Å²) in [6.45, 7) is 6.74. The maximum Gasteiger partial charge on any atom is 0.319 e. The van der Waals surface area contributed by atoms with Crippen LogP contribution in [0.4, 0.5) is 16.2 Å². The maximum atomic E-state index is 13.1. The summed E-state index contributed by atoms with van der Waals surface area (Å²) < 4.78 is 8.21. The Morgan fingerprint density at radius 3 is 2.28 bits per heavy atom. The number of aromatic nitrogens is 1. The Morgan fingerprint density at radius 2 is 1.55 bits per heavy atom. The lowest BCUT2D eigenvalue weighted by molar-refractivity contribution is 0.102. The average molecular weight is 632 g/mol. The van der Waals surface area contributed by atoms with Crippen LogP contribution >= 0.6 is 0 Å². The number of urea groups is 1. The Balaban J connectivity index is 1.09. The SMILES string of the molecule is CC(C)NC(=O)Nc1ccc(Oc2ccc(NC(=O)c3ccc(-n4cc(CN5CCCCC5)c5ccccc54)cc3)cc2)c(CO)c1. The molecule has 0 unspecified atom stereocenters. The van der Waals surface area contributed by atoms with Crippen LogP contribution in [-0.2, 0) is 13.2 Å². The molecule has 3 amide bonds. The van der Waals surface area contributed by atoms with Crippen LogP contribution in [0, 0.1) is 0 Å². The van der Waals surface area contributed by atoms with E-state index in [1.165, 1.54) is 30.2 Å². The summed E-state index contributed by atoms with van der Waals surface area (Å²) in [7, 11) is 0. The van der Waals surface area contributed by atoms with Gasteiger partial charge in [-0.3, -0.25) is 9.69 Å². The minimum atomic E-state index is -0.321. The Labute approximate surface area is 275 Å². The highest BCUT2D eigenvalue weighted by Gasteiger charge is 2.16. The highest BCUT2D eigenvalue weighted by atomic mass is 16.5. The van der Waals surface area contributed by atoms with Crippen molar-refractivity contribution in [2.24, 2.45) is 0 Å². The van der Waals surface area contributed by atoms with Gasteiger partial charge in [0.25, 0.3) is 5.91 Å². The van der Waals surface area contributed by atoms with Crippen LogP contribution in [0.3, 0.4) is 0 Å². The van der Waals surface area contributed by atoms with E-state index in [0.29, 0.717) is 34.0 Å². The first-order valence-electron chi connectivity index (χ1n) is 16.2. The van der Waals surface area contributed by atoms with Crippen LogP contribution in [0.15, 0.2) is 97.2 Å². The lowest BCUT2D eigenvalue weighted by Gasteiger charge is -2.26. The molecule has 0 atom stereocenters. The summed E-state index contributed by atoms with van der Waals surface area (Å²) in [5.41, 5.74) is 5.75. The number of piperidine rings is 1. The molecular weight excluding hydrogens is 590 g/mol. The van der Waals surface area contributed by atoms with Gasteiger partial charge in [0.1, 0.15) is 11.5 Å². The molecule has 242 valence electrons. The zero-order chi connectivity index (χ0) is 32.8. The summed E-state index contributed by atoms with van der Waals surface area (Å²) in [4.78, 5) is 27.7. The predicted molar refractivity (Wildman–Crippen MR) is 187 cm³/mol. The molecule has 4 N–H and O–H groups in total. The third kappa shape index (κ3) is 7.82. The van der Waals surface area contributed by atoms with Gasteiger partial charge < -0.3 is 30.4 Å². The summed E-state index contributed by atoms with van der Waals surface area (Å²) in [5, 5.41) is 19.6. The number of anilines is 2. The molecule has 1 fully saturated rings. The molecule has 1 aliphatic rings. The summed E-state index contributed by atoms with van der Waals surface area (Å²) >= 11 is 0. The van der Waals surface area contributed by atoms with Gasteiger partial charge in [0.15, 0.2) is 0 Å². The molecule has 9 heteroatoms. The van der Waals surface area contributed by atoms with Crippen LogP contribution in [0.2, 0.25) is 0 Å². The lowest BCUT2D eigenvalue weighted by Crippen LogP contribution is -2.34. The van der Waals surface area contributed by atoms with E-state index in [1.807, 2.05) is 38.1 Å². The number of aliphatic hydroxyl groups excluding tert-OH is 1.